The maximum Gasteiger partial charge on any atom is 0.240 e. The van der Waals surface area contributed by atoms with Crippen LogP contribution in [-0.2, 0) is 0 Å². The summed E-state index contributed by atoms with van der Waals surface area (Å²) in [5, 5.41) is 3.58. The third-order valence-electron chi connectivity index (χ3n) is 3.42. The highest BCUT2D eigenvalue weighted by Crippen LogP contribution is 2.35. The van der Waals surface area contributed by atoms with Crippen LogP contribution in [0.1, 0.15) is 23.6 Å². The lowest BCUT2D eigenvalue weighted by atomic mass is 10.1. The topological polar surface area (TPSA) is 38.9 Å². The number of thioether (sulfide) groups is 1. The summed E-state index contributed by atoms with van der Waals surface area (Å²) in [6, 6.07) is 8.35. The van der Waals surface area contributed by atoms with Gasteiger partial charge in [-0.25, -0.2) is 13.2 Å². The van der Waals surface area contributed by atoms with Crippen LogP contribution in [0.5, 0.6) is 0 Å². The SMILES string of the molecule is Cc1ccc(-c2noc(C(C)Sc3ccc(F)c(F)c3)n2)cc1F. The van der Waals surface area contributed by atoms with E-state index in [-0.39, 0.29) is 16.9 Å². The molecule has 7 heteroatoms. The van der Waals surface area contributed by atoms with E-state index >= 15 is 0 Å². The van der Waals surface area contributed by atoms with E-state index < -0.39 is 11.6 Å². The summed E-state index contributed by atoms with van der Waals surface area (Å²) in [4.78, 5) is 4.80. The van der Waals surface area contributed by atoms with Crippen molar-refractivity contribution in [3.63, 3.8) is 0 Å². The molecule has 1 atom stereocenters. The van der Waals surface area contributed by atoms with Gasteiger partial charge in [0.25, 0.3) is 0 Å². The molecule has 0 aliphatic carbocycles. The number of rotatable bonds is 4. The van der Waals surface area contributed by atoms with Gasteiger partial charge in [-0.1, -0.05) is 17.3 Å². The first-order chi connectivity index (χ1) is 11.4. The average Bonchev–Trinajstić information content (AvgIpc) is 3.04. The van der Waals surface area contributed by atoms with E-state index in [2.05, 4.69) is 10.1 Å². The first kappa shape index (κ1) is 16.6. The Morgan fingerprint density at radius 2 is 1.79 bits per heavy atom. The van der Waals surface area contributed by atoms with Gasteiger partial charge in [-0.3, -0.25) is 0 Å². The molecule has 3 rings (SSSR count). The van der Waals surface area contributed by atoms with Crippen LogP contribution in [0, 0.1) is 24.4 Å². The molecule has 3 nitrogen and oxygen atoms in total. The second-order valence-corrected chi connectivity index (χ2v) is 6.67. The summed E-state index contributed by atoms with van der Waals surface area (Å²) in [7, 11) is 0. The lowest BCUT2D eigenvalue weighted by molar-refractivity contribution is 0.381. The Bertz CT molecular complexity index is 882. The molecular weight excluding hydrogens is 337 g/mol. The molecule has 0 aliphatic heterocycles. The fourth-order valence-corrected chi connectivity index (χ4v) is 2.98. The van der Waals surface area contributed by atoms with E-state index in [1.54, 1.807) is 26.0 Å². The molecule has 0 amide bonds. The second kappa shape index (κ2) is 6.68. The zero-order valence-corrected chi connectivity index (χ0v) is 13.7. The third kappa shape index (κ3) is 3.46. The van der Waals surface area contributed by atoms with Crippen molar-refractivity contribution in [2.24, 2.45) is 0 Å². The lowest BCUT2D eigenvalue weighted by Gasteiger charge is -2.06. The van der Waals surface area contributed by atoms with Crippen LogP contribution in [0.3, 0.4) is 0 Å². The molecule has 0 saturated heterocycles. The molecule has 1 aromatic heterocycles. The minimum absolute atomic E-state index is 0.272. The van der Waals surface area contributed by atoms with Gasteiger partial charge in [0, 0.05) is 10.5 Å². The molecule has 0 bridgehead atoms. The molecule has 0 N–H and O–H groups in total. The first-order valence-electron chi connectivity index (χ1n) is 7.16. The lowest BCUT2D eigenvalue weighted by Crippen LogP contribution is -1.91. The smallest absolute Gasteiger partial charge is 0.240 e. The molecule has 1 heterocycles. The summed E-state index contributed by atoms with van der Waals surface area (Å²) in [5.41, 5.74) is 1.04. The normalized spacial score (nSPS) is 12.4. The summed E-state index contributed by atoms with van der Waals surface area (Å²) in [5.74, 6) is -1.55. The zero-order valence-electron chi connectivity index (χ0n) is 12.9. The van der Waals surface area contributed by atoms with Crippen LogP contribution in [-0.4, -0.2) is 10.1 Å². The van der Waals surface area contributed by atoms with Crippen molar-refractivity contribution >= 4 is 11.8 Å². The summed E-state index contributed by atoms with van der Waals surface area (Å²) in [6.45, 7) is 3.47. The number of nitrogens with zero attached hydrogens (tertiary/aromatic N) is 2. The Labute approximate surface area is 140 Å². The number of aromatic nitrogens is 2. The Balaban J connectivity index is 1.79. The second-order valence-electron chi connectivity index (χ2n) is 5.26. The predicted octanol–water partition coefficient (Wildman–Crippen LogP) is 5.32. The van der Waals surface area contributed by atoms with Crippen LogP contribution in [0.4, 0.5) is 13.2 Å². The van der Waals surface area contributed by atoms with Crippen LogP contribution in [0.2, 0.25) is 0 Å². The van der Waals surface area contributed by atoms with Gasteiger partial charge < -0.3 is 4.52 Å². The molecule has 0 aliphatic rings. The van der Waals surface area contributed by atoms with Crippen LogP contribution < -0.4 is 0 Å². The highest BCUT2D eigenvalue weighted by molar-refractivity contribution is 7.99. The average molecular weight is 350 g/mol. The summed E-state index contributed by atoms with van der Waals surface area (Å²) >= 11 is 1.26. The van der Waals surface area contributed by atoms with Crippen molar-refractivity contribution in [1.82, 2.24) is 10.1 Å². The van der Waals surface area contributed by atoms with Gasteiger partial charge in [0.05, 0.1) is 5.25 Å². The fourth-order valence-electron chi connectivity index (χ4n) is 2.05. The minimum atomic E-state index is -0.909. The molecule has 0 radical (unpaired) electrons. The first-order valence-corrected chi connectivity index (χ1v) is 8.04. The summed E-state index contributed by atoms with van der Waals surface area (Å²) < 4.78 is 45.0. The number of benzene rings is 2. The van der Waals surface area contributed by atoms with Crippen LogP contribution in [0.15, 0.2) is 45.8 Å². The zero-order chi connectivity index (χ0) is 17.3. The Kier molecular flexibility index (Phi) is 4.62. The van der Waals surface area contributed by atoms with Gasteiger partial charge in [-0.05, 0) is 43.7 Å². The molecule has 0 saturated carbocycles. The number of hydrogen-bond acceptors (Lipinski definition) is 4. The molecule has 3 aromatic rings. The predicted molar refractivity (Wildman–Crippen MR) is 85.1 cm³/mol. The monoisotopic (exact) mass is 350 g/mol. The van der Waals surface area contributed by atoms with Crippen molar-refractivity contribution < 1.29 is 17.7 Å². The van der Waals surface area contributed by atoms with Gasteiger partial charge in [0.15, 0.2) is 11.6 Å². The van der Waals surface area contributed by atoms with E-state index in [0.29, 0.717) is 21.9 Å². The Morgan fingerprint density at radius 3 is 2.50 bits per heavy atom. The highest BCUT2D eigenvalue weighted by atomic mass is 32.2. The van der Waals surface area contributed by atoms with Crippen LogP contribution in [0.25, 0.3) is 11.4 Å². The van der Waals surface area contributed by atoms with E-state index in [1.807, 2.05) is 0 Å². The summed E-state index contributed by atoms with van der Waals surface area (Å²) in [6.07, 6.45) is 0. The molecule has 124 valence electrons. The standard InChI is InChI=1S/C17H13F3N2OS/c1-9-3-4-11(7-14(9)19)16-21-17(23-22-16)10(2)24-12-5-6-13(18)15(20)8-12/h3-8,10H,1-2H3. The number of halogens is 3. The highest BCUT2D eigenvalue weighted by Gasteiger charge is 2.17. The molecule has 0 spiro atoms. The fraction of sp³-hybridized carbons (Fsp3) is 0.176. The number of hydrogen-bond donors (Lipinski definition) is 0. The Morgan fingerprint density at radius 1 is 1.00 bits per heavy atom. The van der Waals surface area contributed by atoms with E-state index in [1.165, 1.54) is 23.9 Å². The van der Waals surface area contributed by atoms with E-state index in [9.17, 15) is 13.2 Å². The molecular formula is C17H13F3N2OS. The maximum absolute atomic E-state index is 13.6. The molecule has 0 fully saturated rings. The molecule has 2 aromatic carbocycles. The molecule has 24 heavy (non-hydrogen) atoms. The van der Waals surface area contributed by atoms with Crippen molar-refractivity contribution in [3.8, 4) is 11.4 Å². The van der Waals surface area contributed by atoms with Gasteiger partial charge in [0.1, 0.15) is 5.82 Å². The van der Waals surface area contributed by atoms with Crippen molar-refractivity contribution in [1.29, 1.82) is 0 Å². The maximum atomic E-state index is 13.6. The third-order valence-corrected chi connectivity index (χ3v) is 4.50. The number of aryl methyl sites for hydroxylation is 1. The Hall–Kier alpha value is -2.28. The minimum Gasteiger partial charge on any atom is -0.338 e. The van der Waals surface area contributed by atoms with Crippen molar-refractivity contribution in [2.45, 2.75) is 24.0 Å². The largest absolute Gasteiger partial charge is 0.338 e. The molecule has 1 unspecified atom stereocenters. The van der Waals surface area contributed by atoms with Gasteiger partial charge in [-0.2, -0.15) is 4.98 Å². The van der Waals surface area contributed by atoms with Gasteiger partial charge in [0.2, 0.25) is 11.7 Å². The van der Waals surface area contributed by atoms with Crippen molar-refractivity contribution in [3.05, 3.63) is 65.3 Å². The van der Waals surface area contributed by atoms with Gasteiger partial charge in [-0.15, -0.1) is 11.8 Å². The quantitative estimate of drug-likeness (QED) is 0.597. The van der Waals surface area contributed by atoms with E-state index in [0.717, 1.165) is 12.1 Å². The van der Waals surface area contributed by atoms with Crippen LogP contribution >= 0.6 is 11.8 Å². The van der Waals surface area contributed by atoms with E-state index in [4.69, 9.17) is 4.52 Å². The van der Waals surface area contributed by atoms with Gasteiger partial charge >= 0.3 is 0 Å². The van der Waals surface area contributed by atoms with Crippen molar-refractivity contribution in [2.75, 3.05) is 0 Å².